The zero-order chi connectivity index (χ0) is 14.8. The first kappa shape index (κ1) is 13.6. The van der Waals surface area contributed by atoms with Gasteiger partial charge in [0.25, 0.3) is 6.43 Å². The van der Waals surface area contributed by atoms with Crippen molar-refractivity contribution in [3.05, 3.63) is 42.3 Å². The van der Waals surface area contributed by atoms with Gasteiger partial charge in [0.2, 0.25) is 11.7 Å². The number of hydrogen-bond donors (Lipinski definition) is 1. The van der Waals surface area contributed by atoms with E-state index in [1.807, 2.05) is 30.3 Å². The standard InChI is InChI=1S/C14H11F2N3O2/c15-13(16)11(20)7-12-18-14(19-21-12)10-6-5-8-3-1-2-4-9(8)17-10/h1-6,11,13,20H,7H2. The highest BCUT2D eigenvalue weighted by Crippen LogP contribution is 2.19. The molecule has 108 valence electrons. The number of fused-ring (bicyclic) bond motifs is 1. The van der Waals surface area contributed by atoms with E-state index in [1.54, 1.807) is 6.07 Å². The number of halogens is 2. The Morgan fingerprint density at radius 1 is 1.10 bits per heavy atom. The molecule has 0 amide bonds. The van der Waals surface area contributed by atoms with Crippen LogP contribution in [0.25, 0.3) is 22.4 Å². The van der Waals surface area contributed by atoms with Gasteiger partial charge in [-0.3, -0.25) is 0 Å². The molecule has 0 radical (unpaired) electrons. The Morgan fingerprint density at radius 3 is 2.71 bits per heavy atom. The lowest BCUT2D eigenvalue weighted by molar-refractivity contribution is -0.00754. The van der Waals surface area contributed by atoms with Gasteiger partial charge >= 0.3 is 0 Å². The average Bonchev–Trinajstić information content (AvgIpc) is 2.95. The van der Waals surface area contributed by atoms with Crippen LogP contribution in [0.4, 0.5) is 8.78 Å². The van der Waals surface area contributed by atoms with E-state index in [9.17, 15) is 8.78 Å². The Hall–Kier alpha value is -2.41. The summed E-state index contributed by atoms with van der Waals surface area (Å²) in [5.41, 5.74) is 1.25. The van der Waals surface area contributed by atoms with E-state index < -0.39 is 19.0 Å². The van der Waals surface area contributed by atoms with Crippen LogP contribution in [-0.4, -0.2) is 32.8 Å². The summed E-state index contributed by atoms with van der Waals surface area (Å²) in [4.78, 5) is 8.35. The van der Waals surface area contributed by atoms with E-state index in [0.717, 1.165) is 10.9 Å². The molecule has 2 heterocycles. The number of nitrogens with zero attached hydrogens (tertiary/aromatic N) is 3. The van der Waals surface area contributed by atoms with Gasteiger partial charge in [0.15, 0.2) is 0 Å². The molecule has 0 saturated carbocycles. The van der Waals surface area contributed by atoms with Gasteiger partial charge in [0, 0.05) is 5.39 Å². The van der Waals surface area contributed by atoms with Gasteiger partial charge in [-0.15, -0.1) is 0 Å². The number of para-hydroxylation sites is 1. The van der Waals surface area contributed by atoms with Crippen molar-refractivity contribution in [1.82, 2.24) is 15.1 Å². The molecule has 0 aliphatic heterocycles. The topological polar surface area (TPSA) is 72.0 Å². The third-order valence-electron chi connectivity index (χ3n) is 2.97. The van der Waals surface area contributed by atoms with E-state index in [0.29, 0.717) is 5.69 Å². The summed E-state index contributed by atoms with van der Waals surface area (Å²) in [7, 11) is 0. The van der Waals surface area contributed by atoms with Crippen LogP contribution in [0, 0.1) is 0 Å². The predicted molar refractivity (Wildman–Crippen MR) is 70.7 cm³/mol. The molecule has 0 aliphatic carbocycles. The summed E-state index contributed by atoms with van der Waals surface area (Å²) in [6, 6.07) is 11.1. The average molecular weight is 291 g/mol. The number of pyridine rings is 1. The Morgan fingerprint density at radius 2 is 1.90 bits per heavy atom. The normalized spacial score (nSPS) is 13.0. The van der Waals surface area contributed by atoms with Gasteiger partial charge in [-0.1, -0.05) is 29.4 Å². The minimum absolute atomic E-state index is 0.0484. The molecule has 3 rings (SSSR count). The fourth-order valence-electron chi connectivity index (χ4n) is 1.90. The second kappa shape index (κ2) is 5.53. The Bertz CT molecular complexity index is 761. The molecule has 3 aromatic rings. The van der Waals surface area contributed by atoms with Crippen LogP contribution < -0.4 is 0 Å². The van der Waals surface area contributed by atoms with E-state index >= 15 is 0 Å². The fraction of sp³-hybridized carbons (Fsp3) is 0.214. The van der Waals surface area contributed by atoms with Crippen LogP contribution in [0.5, 0.6) is 0 Å². The molecule has 2 aromatic heterocycles. The SMILES string of the molecule is OC(Cc1nc(-c2ccc3ccccc3n2)no1)C(F)F. The molecular formula is C14H11F2N3O2. The van der Waals surface area contributed by atoms with Crippen molar-refractivity contribution in [1.29, 1.82) is 0 Å². The highest BCUT2D eigenvalue weighted by atomic mass is 19.3. The number of hydrogen-bond acceptors (Lipinski definition) is 5. The molecule has 21 heavy (non-hydrogen) atoms. The third-order valence-corrected chi connectivity index (χ3v) is 2.97. The van der Waals surface area contributed by atoms with E-state index in [2.05, 4.69) is 15.1 Å². The lowest BCUT2D eigenvalue weighted by Gasteiger charge is -2.04. The first-order valence-corrected chi connectivity index (χ1v) is 6.28. The maximum atomic E-state index is 12.3. The van der Waals surface area contributed by atoms with Gasteiger partial charge in [-0.2, -0.15) is 4.98 Å². The van der Waals surface area contributed by atoms with Crippen molar-refractivity contribution >= 4 is 10.9 Å². The minimum Gasteiger partial charge on any atom is -0.387 e. The van der Waals surface area contributed by atoms with Crippen LogP contribution in [0.3, 0.4) is 0 Å². The molecule has 7 heteroatoms. The molecule has 0 saturated heterocycles. The molecule has 1 N–H and O–H groups in total. The van der Waals surface area contributed by atoms with Gasteiger partial charge < -0.3 is 9.63 Å². The molecule has 5 nitrogen and oxygen atoms in total. The third kappa shape index (κ3) is 2.87. The molecule has 1 unspecified atom stereocenters. The van der Waals surface area contributed by atoms with Crippen molar-refractivity contribution in [2.75, 3.05) is 0 Å². The lowest BCUT2D eigenvalue weighted by Crippen LogP contribution is -2.20. The second-order valence-electron chi connectivity index (χ2n) is 4.51. The molecular weight excluding hydrogens is 280 g/mol. The molecule has 0 bridgehead atoms. The van der Waals surface area contributed by atoms with Gasteiger partial charge in [-0.05, 0) is 12.1 Å². The zero-order valence-electron chi connectivity index (χ0n) is 10.8. The lowest BCUT2D eigenvalue weighted by atomic mass is 10.2. The van der Waals surface area contributed by atoms with Crippen molar-refractivity contribution in [3.63, 3.8) is 0 Å². The summed E-state index contributed by atoms with van der Waals surface area (Å²) in [5, 5.41) is 13.8. The van der Waals surface area contributed by atoms with Crippen LogP contribution in [0.1, 0.15) is 5.89 Å². The first-order valence-electron chi connectivity index (χ1n) is 6.28. The number of aliphatic hydroxyl groups excluding tert-OH is 1. The Kier molecular flexibility index (Phi) is 3.57. The molecule has 0 aliphatic rings. The number of benzene rings is 1. The molecule has 0 spiro atoms. The zero-order valence-corrected chi connectivity index (χ0v) is 10.8. The number of aliphatic hydroxyl groups is 1. The Balaban J connectivity index is 1.87. The largest absolute Gasteiger partial charge is 0.387 e. The second-order valence-corrected chi connectivity index (χ2v) is 4.51. The summed E-state index contributed by atoms with van der Waals surface area (Å²) in [6.07, 6.45) is -5.06. The Labute approximate surface area is 118 Å². The summed E-state index contributed by atoms with van der Waals surface area (Å²) in [6.45, 7) is 0. The van der Waals surface area contributed by atoms with Gasteiger partial charge in [0.05, 0.1) is 11.9 Å². The van der Waals surface area contributed by atoms with E-state index in [4.69, 9.17) is 9.63 Å². The van der Waals surface area contributed by atoms with Crippen LogP contribution >= 0.6 is 0 Å². The maximum Gasteiger partial charge on any atom is 0.264 e. The smallest absolute Gasteiger partial charge is 0.264 e. The summed E-state index contributed by atoms with van der Waals surface area (Å²) < 4.78 is 29.4. The summed E-state index contributed by atoms with van der Waals surface area (Å²) >= 11 is 0. The van der Waals surface area contributed by atoms with E-state index in [-0.39, 0.29) is 11.7 Å². The van der Waals surface area contributed by atoms with Crippen LogP contribution in [0.2, 0.25) is 0 Å². The minimum atomic E-state index is -2.85. The van der Waals surface area contributed by atoms with Crippen molar-refractivity contribution < 1.29 is 18.4 Å². The maximum absolute atomic E-state index is 12.3. The highest BCUT2D eigenvalue weighted by molar-refractivity contribution is 5.80. The predicted octanol–water partition coefficient (Wildman–Crippen LogP) is 2.45. The molecule has 0 fully saturated rings. The highest BCUT2D eigenvalue weighted by Gasteiger charge is 2.21. The monoisotopic (exact) mass is 291 g/mol. The van der Waals surface area contributed by atoms with Crippen LogP contribution in [0.15, 0.2) is 40.9 Å². The first-order chi connectivity index (χ1) is 10.1. The number of rotatable bonds is 4. The number of alkyl halides is 2. The molecule has 1 atom stereocenters. The van der Waals surface area contributed by atoms with E-state index in [1.165, 1.54) is 0 Å². The van der Waals surface area contributed by atoms with Crippen molar-refractivity contribution in [2.45, 2.75) is 19.0 Å². The fourth-order valence-corrected chi connectivity index (χ4v) is 1.90. The quantitative estimate of drug-likeness (QED) is 0.799. The van der Waals surface area contributed by atoms with Crippen molar-refractivity contribution in [2.24, 2.45) is 0 Å². The number of aromatic nitrogens is 3. The van der Waals surface area contributed by atoms with Gasteiger partial charge in [-0.25, -0.2) is 13.8 Å². The summed E-state index contributed by atoms with van der Waals surface area (Å²) in [5.74, 6) is 0.157. The van der Waals surface area contributed by atoms with Gasteiger partial charge in [0.1, 0.15) is 11.8 Å². The molecule has 1 aromatic carbocycles. The van der Waals surface area contributed by atoms with Crippen LogP contribution in [-0.2, 0) is 6.42 Å². The van der Waals surface area contributed by atoms with Crippen molar-refractivity contribution in [3.8, 4) is 11.5 Å².